The minimum absolute atomic E-state index is 0.00349. The zero-order valence-corrected chi connectivity index (χ0v) is 19.9. The largest absolute Gasteiger partial charge is 0.481 e. The van der Waals surface area contributed by atoms with Gasteiger partial charge in [0, 0.05) is 39.1 Å². The summed E-state index contributed by atoms with van der Waals surface area (Å²) in [7, 11) is 1.69. The fourth-order valence-corrected chi connectivity index (χ4v) is 4.98. The van der Waals surface area contributed by atoms with Crippen LogP contribution in [0.3, 0.4) is 0 Å². The van der Waals surface area contributed by atoms with Crippen LogP contribution >= 0.6 is 0 Å². The lowest BCUT2D eigenvalue weighted by Crippen LogP contribution is -2.49. The van der Waals surface area contributed by atoms with Crippen LogP contribution in [0.5, 0.6) is 0 Å². The van der Waals surface area contributed by atoms with E-state index in [1.54, 1.807) is 11.9 Å². The number of likely N-dealkylation sites (N-methyl/N-ethyl adjacent to an activating group) is 1. The molecule has 35 heavy (non-hydrogen) atoms. The number of carbonyl (C=O) groups excluding carboxylic acids is 2. The quantitative estimate of drug-likeness (QED) is 0.568. The van der Waals surface area contributed by atoms with Gasteiger partial charge in [0.25, 0.3) is 0 Å². The summed E-state index contributed by atoms with van der Waals surface area (Å²) in [6, 6.07) is 15.1. The number of benzene rings is 2. The molecule has 2 aliphatic rings. The van der Waals surface area contributed by atoms with Crippen molar-refractivity contribution in [1.29, 1.82) is 0 Å². The number of nitrogens with zero attached hydrogens (tertiary/aromatic N) is 1. The van der Waals surface area contributed by atoms with E-state index in [2.05, 4.69) is 17.4 Å². The van der Waals surface area contributed by atoms with Crippen LogP contribution in [-0.2, 0) is 19.1 Å². The molecule has 1 aliphatic carbocycles. The number of rotatable bonds is 9. The topological polar surface area (TPSA) is 105 Å². The van der Waals surface area contributed by atoms with E-state index < -0.39 is 18.1 Å². The highest BCUT2D eigenvalue weighted by Crippen LogP contribution is 2.44. The minimum atomic E-state index is -1.02. The molecule has 1 aliphatic heterocycles. The molecule has 2 aromatic rings. The molecule has 1 fully saturated rings. The van der Waals surface area contributed by atoms with Gasteiger partial charge in [-0.05, 0) is 47.4 Å². The van der Waals surface area contributed by atoms with Gasteiger partial charge in [0.2, 0.25) is 5.91 Å². The number of hydrogen-bond donors (Lipinski definition) is 2. The van der Waals surface area contributed by atoms with E-state index in [0.29, 0.717) is 25.7 Å². The molecule has 186 valence electrons. The average molecular weight is 481 g/mol. The Labute approximate surface area is 205 Å². The molecule has 2 aromatic carbocycles. The molecule has 1 atom stereocenters. The molecule has 0 bridgehead atoms. The van der Waals surface area contributed by atoms with Crippen molar-refractivity contribution in [3.05, 3.63) is 59.7 Å². The van der Waals surface area contributed by atoms with Crippen LogP contribution in [0.1, 0.15) is 42.7 Å². The molecule has 1 saturated heterocycles. The van der Waals surface area contributed by atoms with Crippen molar-refractivity contribution >= 4 is 18.0 Å². The first-order valence-corrected chi connectivity index (χ1v) is 12.1. The monoisotopic (exact) mass is 480 g/mol. The summed E-state index contributed by atoms with van der Waals surface area (Å²) in [6.07, 6.45) is 0.783. The summed E-state index contributed by atoms with van der Waals surface area (Å²) >= 11 is 0. The van der Waals surface area contributed by atoms with E-state index >= 15 is 0 Å². The first-order valence-electron chi connectivity index (χ1n) is 12.1. The molecule has 0 spiro atoms. The van der Waals surface area contributed by atoms with Gasteiger partial charge in [0.05, 0.1) is 0 Å². The van der Waals surface area contributed by atoms with Gasteiger partial charge in [-0.2, -0.15) is 0 Å². The summed E-state index contributed by atoms with van der Waals surface area (Å²) in [5.74, 6) is -1.11. The highest BCUT2D eigenvalue weighted by atomic mass is 16.5. The van der Waals surface area contributed by atoms with Crippen LogP contribution in [0.2, 0.25) is 0 Å². The number of alkyl carbamates (subject to hydrolysis) is 1. The van der Waals surface area contributed by atoms with Gasteiger partial charge in [-0.3, -0.25) is 9.59 Å². The number of aliphatic carboxylic acids is 1. The van der Waals surface area contributed by atoms with Gasteiger partial charge in [-0.1, -0.05) is 48.5 Å². The smallest absolute Gasteiger partial charge is 0.407 e. The van der Waals surface area contributed by atoms with Crippen molar-refractivity contribution in [3.63, 3.8) is 0 Å². The Morgan fingerprint density at radius 2 is 1.66 bits per heavy atom. The summed E-state index contributed by atoms with van der Waals surface area (Å²) < 4.78 is 10.9. The Hall–Kier alpha value is -3.39. The summed E-state index contributed by atoms with van der Waals surface area (Å²) in [6.45, 7) is 2.01. The first kappa shape index (κ1) is 24.7. The van der Waals surface area contributed by atoms with Crippen molar-refractivity contribution < 1.29 is 29.0 Å². The minimum Gasteiger partial charge on any atom is -0.481 e. The second-order valence-corrected chi connectivity index (χ2v) is 9.23. The number of fused-ring (bicyclic) bond motifs is 3. The summed E-state index contributed by atoms with van der Waals surface area (Å²) in [5, 5.41) is 11.7. The lowest BCUT2D eigenvalue weighted by molar-refractivity contribution is -0.138. The molecule has 4 rings (SSSR count). The maximum Gasteiger partial charge on any atom is 0.407 e. The zero-order chi connectivity index (χ0) is 24.8. The molecule has 8 heteroatoms. The summed E-state index contributed by atoms with van der Waals surface area (Å²) in [5.41, 5.74) is 4.44. The maximum absolute atomic E-state index is 13.1. The van der Waals surface area contributed by atoms with Crippen molar-refractivity contribution in [2.75, 3.05) is 33.4 Å². The highest BCUT2D eigenvalue weighted by Gasteiger charge is 2.31. The van der Waals surface area contributed by atoms with Crippen molar-refractivity contribution in [2.24, 2.45) is 5.92 Å². The van der Waals surface area contributed by atoms with Crippen LogP contribution in [0.15, 0.2) is 48.5 Å². The Bertz CT molecular complexity index is 1020. The van der Waals surface area contributed by atoms with Crippen LogP contribution < -0.4 is 5.32 Å². The molecule has 1 heterocycles. The molecule has 0 saturated carbocycles. The van der Waals surface area contributed by atoms with Crippen molar-refractivity contribution in [2.45, 2.75) is 37.6 Å². The predicted octanol–water partition coefficient (Wildman–Crippen LogP) is 3.64. The van der Waals surface area contributed by atoms with Gasteiger partial charge in [-0.25, -0.2) is 4.79 Å². The van der Waals surface area contributed by atoms with Gasteiger partial charge in [0.1, 0.15) is 12.6 Å². The number of carboxylic acid groups (broad SMARTS) is 1. The number of hydrogen-bond acceptors (Lipinski definition) is 5. The Morgan fingerprint density at radius 1 is 1.06 bits per heavy atom. The third kappa shape index (κ3) is 6.00. The van der Waals surface area contributed by atoms with Crippen LogP contribution in [0.4, 0.5) is 4.79 Å². The second-order valence-electron chi connectivity index (χ2n) is 9.23. The molecule has 2 amide bonds. The fraction of sp³-hybridized carbons (Fsp3) is 0.444. The fourth-order valence-electron chi connectivity index (χ4n) is 4.98. The number of nitrogens with one attached hydrogen (secondary N) is 1. The molecule has 8 nitrogen and oxygen atoms in total. The lowest BCUT2D eigenvalue weighted by atomic mass is 9.98. The number of ether oxygens (including phenoxy) is 2. The zero-order valence-electron chi connectivity index (χ0n) is 19.9. The molecule has 1 unspecified atom stereocenters. The molecular formula is C27H32N2O6. The van der Waals surface area contributed by atoms with Gasteiger partial charge in [-0.15, -0.1) is 0 Å². The normalized spacial score (nSPS) is 16.1. The van der Waals surface area contributed by atoms with Crippen molar-refractivity contribution in [1.82, 2.24) is 10.2 Å². The van der Waals surface area contributed by atoms with Crippen LogP contribution in [0, 0.1) is 5.92 Å². The second kappa shape index (κ2) is 11.4. The third-order valence-electron chi connectivity index (χ3n) is 6.83. The Balaban J connectivity index is 1.39. The molecule has 0 aromatic heterocycles. The number of carboxylic acids is 1. The van der Waals surface area contributed by atoms with E-state index in [-0.39, 0.29) is 31.3 Å². The number of carbonyl (C=O) groups is 3. The van der Waals surface area contributed by atoms with Crippen molar-refractivity contribution in [3.8, 4) is 11.1 Å². The van der Waals surface area contributed by atoms with E-state index in [4.69, 9.17) is 14.6 Å². The standard InChI is InChI=1S/C27H32N2O6/c1-29(16-18-12-14-34-15-13-18)26(32)24(10-11-25(30)31)28-27(33)35-17-23-21-8-4-2-6-19(21)20-7-3-5-9-22(20)23/h2-9,18,23-24H,10-17H2,1H3,(H,28,33)(H,30,31). The highest BCUT2D eigenvalue weighted by molar-refractivity contribution is 5.86. The van der Waals surface area contributed by atoms with E-state index in [9.17, 15) is 14.4 Å². The van der Waals surface area contributed by atoms with Gasteiger partial charge < -0.3 is 24.8 Å². The van der Waals surface area contributed by atoms with E-state index in [1.165, 1.54) is 0 Å². The average Bonchev–Trinajstić information content (AvgIpc) is 3.19. The van der Waals surface area contributed by atoms with E-state index in [0.717, 1.165) is 35.1 Å². The lowest BCUT2D eigenvalue weighted by Gasteiger charge is -2.29. The molecule has 2 N–H and O–H groups in total. The third-order valence-corrected chi connectivity index (χ3v) is 6.83. The van der Waals surface area contributed by atoms with Crippen LogP contribution in [0.25, 0.3) is 11.1 Å². The Morgan fingerprint density at radius 3 is 2.26 bits per heavy atom. The van der Waals surface area contributed by atoms with Gasteiger partial charge >= 0.3 is 12.1 Å². The van der Waals surface area contributed by atoms with Crippen LogP contribution in [-0.4, -0.2) is 67.4 Å². The molecular weight excluding hydrogens is 448 g/mol. The summed E-state index contributed by atoms with van der Waals surface area (Å²) in [4.78, 5) is 38.5. The first-order chi connectivity index (χ1) is 16.9. The number of amides is 2. The SMILES string of the molecule is CN(CC1CCOCC1)C(=O)C(CCC(=O)O)NC(=O)OCC1c2ccccc2-c2ccccc21. The Kier molecular flexibility index (Phi) is 8.02. The van der Waals surface area contributed by atoms with E-state index in [1.807, 2.05) is 36.4 Å². The molecule has 0 radical (unpaired) electrons. The predicted molar refractivity (Wildman–Crippen MR) is 130 cm³/mol. The maximum atomic E-state index is 13.1. The van der Waals surface area contributed by atoms with Gasteiger partial charge in [0.15, 0.2) is 0 Å².